The molecule has 0 unspecified atom stereocenters. The van der Waals surface area contributed by atoms with Crippen LogP contribution in [-0.4, -0.2) is 18.2 Å². The van der Waals surface area contributed by atoms with Crippen molar-refractivity contribution >= 4 is 5.97 Å². The maximum Gasteiger partial charge on any atom is 0.339 e. The van der Waals surface area contributed by atoms with Crippen LogP contribution in [0.5, 0.6) is 5.75 Å². The first-order valence-electron chi connectivity index (χ1n) is 6.54. The summed E-state index contributed by atoms with van der Waals surface area (Å²) in [6, 6.07) is 13.4. The van der Waals surface area contributed by atoms with Crippen LogP contribution < -0.4 is 4.74 Å². The predicted molar refractivity (Wildman–Crippen MR) is 79.5 cm³/mol. The highest BCUT2D eigenvalue weighted by atomic mass is 16.5. The number of carbonyl (C=O) groups is 1. The van der Waals surface area contributed by atoms with Crippen molar-refractivity contribution in [2.24, 2.45) is 0 Å². The number of hydrogen-bond acceptors (Lipinski definition) is 2. The Labute approximate surface area is 118 Å². The summed E-state index contributed by atoms with van der Waals surface area (Å²) in [6.07, 6.45) is 0. The van der Waals surface area contributed by atoms with Crippen LogP contribution in [0.15, 0.2) is 42.5 Å². The smallest absolute Gasteiger partial charge is 0.339 e. The highest BCUT2D eigenvalue weighted by Gasteiger charge is 2.12. The van der Waals surface area contributed by atoms with Gasteiger partial charge in [-0.15, -0.1) is 0 Å². The van der Waals surface area contributed by atoms with Crippen molar-refractivity contribution in [2.45, 2.75) is 19.8 Å². The lowest BCUT2D eigenvalue weighted by molar-refractivity contribution is 0.0693. The van der Waals surface area contributed by atoms with Gasteiger partial charge in [-0.3, -0.25) is 0 Å². The molecule has 104 valence electrons. The van der Waals surface area contributed by atoms with Crippen molar-refractivity contribution in [1.29, 1.82) is 0 Å². The fraction of sp³-hybridized carbons (Fsp3) is 0.235. The van der Waals surface area contributed by atoms with Gasteiger partial charge >= 0.3 is 5.97 Å². The maximum atomic E-state index is 11.3. The molecule has 2 aromatic rings. The van der Waals surface area contributed by atoms with Crippen LogP contribution in [0.25, 0.3) is 11.1 Å². The Morgan fingerprint density at radius 3 is 2.40 bits per heavy atom. The summed E-state index contributed by atoms with van der Waals surface area (Å²) in [7, 11) is 1.47. The van der Waals surface area contributed by atoms with Crippen LogP contribution in [0.4, 0.5) is 0 Å². The lowest BCUT2D eigenvalue weighted by Crippen LogP contribution is -2.00. The molecule has 0 spiro atoms. The molecule has 1 N–H and O–H groups in total. The third-order valence-electron chi connectivity index (χ3n) is 3.32. The normalized spacial score (nSPS) is 10.6. The topological polar surface area (TPSA) is 46.5 Å². The van der Waals surface area contributed by atoms with Crippen molar-refractivity contribution < 1.29 is 14.6 Å². The zero-order chi connectivity index (χ0) is 14.7. The minimum atomic E-state index is -0.983. The minimum Gasteiger partial charge on any atom is -0.496 e. The van der Waals surface area contributed by atoms with E-state index in [4.69, 9.17) is 4.74 Å². The summed E-state index contributed by atoms with van der Waals surface area (Å²) in [5.74, 6) is -0.169. The van der Waals surface area contributed by atoms with Gasteiger partial charge in [0.2, 0.25) is 0 Å². The second-order valence-corrected chi connectivity index (χ2v) is 5.00. The van der Waals surface area contributed by atoms with Gasteiger partial charge in [-0.25, -0.2) is 4.79 Å². The molecular weight excluding hydrogens is 252 g/mol. The van der Waals surface area contributed by atoms with Gasteiger partial charge in [0.15, 0.2) is 0 Å². The van der Waals surface area contributed by atoms with Crippen molar-refractivity contribution in [1.82, 2.24) is 0 Å². The van der Waals surface area contributed by atoms with Gasteiger partial charge in [0.25, 0.3) is 0 Å². The minimum absolute atomic E-state index is 0.181. The molecule has 3 heteroatoms. The molecule has 0 fully saturated rings. The lowest BCUT2D eigenvalue weighted by atomic mass is 9.96. The number of carboxylic acid groups (broad SMARTS) is 1. The molecule has 20 heavy (non-hydrogen) atoms. The van der Waals surface area contributed by atoms with E-state index < -0.39 is 5.97 Å². The monoisotopic (exact) mass is 270 g/mol. The average molecular weight is 270 g/mol. The largest absolute Gasteiger partial charge is 0.496 e. The Morgan fingerprint density at radius 1 is 1.10 bits per heavy atom. The first-order valence-corrected chi connectivity index (χ1v) is 6.54. The van der Waals surface area contributed by atoms with Crippen LogP contribution in [-0.2, 0) is 0 Å². The maximum absolute atomic E-state index is 11.3. The van der Waals surface area contributed by atoms with Crippen molar-refractivity contribution in [3.05, 3.63) is 53.6 Å². The second kappa shape index (κ2) is 5.78. The van der Waals surface area contributed by atoms with E-state index in [1.807, 2.05) is 18.2 Å². The van der Waals surface area contributed by atoms with E-state index in [0.29, 0.717) is 11.7 Å². The molecule has 0 saturated heterocycles. The van der Waals surface area contributed by atoms with Gasteiger partial charge in [-0.2, -0.15) is 0 Å². The number of benzene rings is 2. The van der Waals surface area contributed by atoms with E-state index in [1.165, 1.54) is 12.7 Å². The number of rotatable bonds is 4. The highest BCUT2D eigenvalue weighted by Crippen LogP contribution is 2.28. The molecule has 0 aromatic heterocycles. The number of ether oxygens (including phenoxy) is 1. The summed E-state index contributed by atoms with van der Waals surface area (Å²) >= 11 is 0. The number of aromatic carboxylic acids is 1. The summed E-state index contributed by atoms with van der Waals surface area (Å²) in [4.78, 5) is 11.3. The van der Waals surface area contributed by atoms with Crippen LogP contribution in [0.3, 0.4) is 0 Å². The molecule has 2 aromatic carbocycles. The van der Waals surface area contributed by atoms with Crippen molar-refractivity contribution in [3.8, 4) is 16.9 Å². The first kappa shape index (κ1) is 14.1. The fourth-order valence-corrected chi connectivity index (χ4v) is 2.13. The highest BCUT2D eigenvalue weighted by molar-refractivity contribution is 5.92. The Balaban J connectivity index is 2.50. The molecule has 0 atom stereocenters. The number of hydrogen-bond donors (Lipinski definition) is 1. The molecule has 2 rings (SSSR count). The Hall–Kier alpha value is -2.29. The zero-order valence-corrected chi connectivity index (χ0v) is 11.9. The van der Waals surface area contributed by atoms with Gasteiger partial charge < -0.3 is 9.84 Å². The van der Waals surface area contributed by atoms with Crippen LogP contribution in [0, 0.1) is 0 Å². The molecule has 0 aliphatic heterocycles. The van der Waals surface area contributed by atoms with E-state index in [2.05, 4.69) is 26.0 Å². The molecule has 3 nitrogen and oxygen atoms in total. The van der Waals surface area contributed by atoms with Crippen molar-refractivity contribution in [3.63, 3.8) is 0 Å². The Bertz CT molecular complexity index is 630. The van der Waals surface area contributed by atoms with Crippen LogP contribution in [0.2, 0.25) is 0 Å². The van der Waals surface area contributed by atoms with E-state index in [1.54, 1.807) is 12.1 Å². The third-order valence-corrected chi connectivity index (χ3v) is 3.32. The van der Waals surface area contributed by atoms with Gasteiger partial charge in [-0.1, -0.05) is 44.2 Å². The third kappa shape index (κ3) is 2.82. The standard InChI is InChI=1S/C17H18O3/c1-11(2)12-5-4-6-13(9-12)14-7-8-16(20-3)15(10-14)17(18)19/h4-11H,1-3H3,(H,18,19). The first-order chi connectivity index (χ1) is 9.52. The van der Waals surface area contributed by atoms with E-state index in [0.717, 1.165) is 11.1 Å². The zero-order valence-electron chi connectivity index (χ0n) is 11.9. The summed E-state index contributed by atoms with van der Waals surface area (Å²) < 4.78 is 5.08. The number of methoxy groups -OCH3 is 1. The molecule has 0 heterocycles. The molecule has 0 aliphatic rings. The van der Waals surface area contributed by atoms with Gasteiger partial charge in [0.05, 0.1) is 7.11 Å². The molecule has 0 amide bonds. The van der Waals surface area contributed by atoms with E-state index in [-0.39, 0.29) is 5.56 Å². The van der Waals surface area contributed by atoms with Crippen molar-refractivity contribution in [2.75, 3.05) is 7.11 Å². The van der Waals surface area contributed by atoms with Crippen LogP contribution >= 0.6 is 0 Å². The summed E-state index contributed by atoms with van der Waals surface area (Å²) in [5.41, 5.74) is 3.31. The van der Waals surface area contributed by atoms with Crippen LogP contribution in [0.1, 0.15) is 35.7 Å². The lowest BCUT2D eigenvalue weighted by Gasteiger charge is -2.10. The summed E-state index contributed by atoms with van der Waals surface area (Å²) in [6.45, 7) is 4.27. The quantitative estimate of drug-likeness (QED) is 0.906. The van der Waals surface area contributed by atoms with E-state index in [9.17, 15) is 9.90 Å². The molecule has 0 radical (unpaired) electrons. The predicted octanol–water partition coefficient (Wildman–Crippen LogP) is 4.18. The SMILES string of the molecule is COc1ccc(-c2cccc(C(C)C)c2)cc1C(=O)O. The van der Waals surface area contributed by atoms with Gasteiger partial charge in [0, 0.05) is 0 Å². The molecule has 0 saturated carbocycles. The molecule has 0 bridgehead atoms. The number of carboxylic acids is 1. The van der Waals surface area contributed by atoms with Gasteiger partial charge in [-0.05, 0) is 34.7 Å². The average Bonchev–Trinajstić information content (AvgIpc) is 2.46. The van der Waals surface area contributed by atoms with E-state index >= 15 is 0 Å². The molecular formula is C17H18O3. The Kier molecular flexibility index (Phi) is 4.08. The van der Waals surface area contributed by atoms with Gasteiger partial charge in [0.1, 0.15) is 11.3 Å². The summed E-state index contributed by atoms with van der Waals surface area (Å²) in [5, 5.41) is 9.23. The Morgan fingerprint density at radius 2 is 1.80 bits per heavy atom. The molecule has 0 aliphatic carbocycles. The fourth-order valence-electron chi connectivity index (χ4n) is 2.13. The second-order valence-electron chi connectivity index (χ2n) is 5.00.